The zero-order valence-electron chi connectivity index (χ0n) is 9.24. The average molecular weight is 246 g/mol. The summed E-state index contributed by atoms with van der Waals surface area (Å²) in [5.74, 6) is 0.00185. The Kier molecular flexibility index (Phi) is 3.59. The van der Waals surface area contributed by atoms with Crippen LogP contribution in [-0.2, 0) is 11.2 Å². The number of hydrazone groups is 1. The number of amides is 1. The van der Waals surface area contributed by atoms with Crippen LogP contribution in [0.2, 0.25) is 0 Å². The van der Waals surface area contributed by atoms with Crippen LogP contribution in [-0.4, -0.2) is 37.9 Å². The van der Waals surface area contributed by atoms with E-state index in [4.69, 9.17) is 0 Å². The number of aromatic hydroxyl groups is 1. The summed E-state index contributed by atoms with van der Waals surface area (Å²) < 4.78 is 0. The largest absolute Gasteiger partial charge is 0.507 e. The van der Waals surface area contributed by atoms with Crippen molar-refractivity contribution in [3.8, 4) is 5.75 Å². The minimum atomic E-state index is -0.372. The molecule has 0 saturated carbocycles. The zero-order chi connectivity index (χ0) is 12.8. The lowest BCUT2D eigenvalue weighted by Crippen LogP contribution is -2.20. The van der Waals surface area contributed by atoms with Crippen molar-refractivity contribution in [2.45, 2.75) is 6.42 Å². The van der Waals surface area contributed by atoms with E-state index in [0.717, 1.165) is 0 Å². The number of carbonyl (C=O) groups is 1. The molecule has 0 radical (unpaired) electrons. The number of phenolic OH excluding ortho intramolecular Hbond substituents is 1. The van der Waals surface area contributed by atoms with Crippen LogP contribution in [0.1, 0.15) is 11.4 Å². The van der Waals surface area contributed by atoms with E-state index >= 15 is 0 Å². The van der Waals surface area contributed by atoms with Crippen LogP contribution in [0, 0.1) is 0 Å². The van der Waals surface area contributed by atoms with Crippen LogP contribution in [0.5, 0.6) is 5.75 Å². The summed E-state index contributed by atoms with van der Waals surface area (Å²) in [6.45, 7) is 0. The maximum Gasteiger partial charge on any atom is 0.247 e. The molecule has 92 valence electrons. The van der Waals surface area contributed by atoms with Gasteiger partial charge in [-0.2, -0.15) is 10.3 Å². The van der Waals surface area contributed by atoms with Crippen LogP contribution < -0.4 is 5.43 Å². The van der Waals surface area contributed by atoms with Crippen molar-refractivity contribution in [2.24, 2.45) is 5.10 Å². The maximum absolute atomic E-state index is 11.4. The number of tetrazole rings is 1. The van der Waals surface area contributed by atoms with Crippen LogP contribution in [0.15, 0.2) is 29.4 Å². The summed E-state index contributed by atoms with van der Waals surface area (Å²) >= 11 is 0. The van der Waals surface area contributed by atoms with Gasteiger partial charge in [0.15, 0.2) is 5.82 Å². The van der Waals surface area contributed by atoms with Gasteiger partial charge in [0.2, 0.25) is 5.91 Å². The summed E-state index contributed by atoms with van der Waals surface area (Å²) in [5, 5.41) is 26.0. The fourth-order valence-electron chi connectivity index (χ4n) is 1.21. The van der Waals surface area contributed by atoms with E-state index < -0.39 is 0 Å². The van der Waals surface area contributed by atoms with E-state index in [1.54, 1.807) is 18.2 Å². The molecule has 1 aromatic heterocycles. The topological polar surface area (TPSA) is 116 Å². The monoisotopic (exact) mass is 246 g/mol. The van der Waals surface area contributed by atoms with E-state index in [9.17, 15) is 9.90 Å². The van der Waals surface area contributed by atoms with E-state index in [1.807, 2.05) is 0 Å². The van der Waals surface area contributed by atoms with Gasteiger partial charge in [0.05, 0.1) is 12.6 Å². The Morgan fingerprint density at radius 3 is 3.06 bits per heavy atom. The highest BCUT2D eigenvalue weighted by atomic mass is 16.3. The van der Waals surface area contributed by atoms with Crippen molar-refractivity contribution >= 4 is 12.1 Å². The molecule has 1 amide bonds. The summed E-state index contributed by atoms with van der Waals surface area (Å²) in [7, 11) is 0. The second kappa shape index (κ2) is 5.53. The lowest BCUT2D eigenvalue weighted by molar-refractivity contribution is -0.120. The SMILES string of the molecule is O=C(Cc1nn[nH]n1)N/N=C/c1ccccc1O. The van der Waals surface area contributed by atoms with E-state index in [0.29, 0.717) is 5.56 Å². The molecule has 1 aromatic carbocycles. The maximum atomic E-state index is 11.4. The summed E-state index contributed by atoms with van der Waals surface area (Å²) in [4.78, 5) is 11.4. The van der Waals surface area contributed by atoms with Crippen molar-refractivity contribution in [3.05, 3.63) is 35.7 Å². The summed E-state index contributed by atoms with van der Waals surface area (Å²) in [6, 6.07) is 6.65. The number of hydrogen-bond acceptors (Lipinski definition) is 6. The van der Waals surface area contributed by atoms with Crippen molar-refractivity contribution in [3.63, 3.8) is 0 Å². The third-order valence-electron chi connectivity index (χ3n) is 2.04. The van der Waals surface area contributed by atoms with Gasteiger partial charge < -0.3 is 5.11 Å². The van der Waals surface area contributed by atoms with Gasteiger partial charge in [0.25, 0.3) is 0 Å². The molecule has 2 rings (SSSR count). The van der Waals surface area contributed by atoms with E-state index in [-0.39, 0.29) is 23.9 Å². The Bertz CT molecular complexity index is 551. The molecule has 0 bridgehead atoms. The van der Waals surface area contributed by atoms with Gasteiger partial charge in [0.1, 0.15) is 5.75 Å². The Hall–Kier alpha value is -2.77. The van der Waals surface area contributed by atoms with Gasteiger partial charge in [-0.25, -0.2) is 5.43 Å². The fraction of sp³-hybridized carbons (Fsp3) is 0.100. The van der Waals surface area contributed by atoms with Crippen molar-refractivity contribution in [2.75, 3.05) is 0 Å². The molecule has 0 saturated heterocycles. The van der Waals surface area contributed by atoms with E-state index in [1.165, 1.54) is 12.3 Å². The van der Waals surface area contributed by atoms with Crippen molar-refractivity contribution in [1.82, 2.24) is 26.0 Å². The second-order valence-electron chi connectivity index (χ2n) is 3.36. The molecule has 0 fully saturated rings. The standard InChI is InChI=1S/C10H10N6O2/c17-8-4-2-1-3-7(8)6-11-14-10(18)5-9-12-15-16-13-9/h1-4,6,17H,5H2,(H,14,18)(H,12,13,15,16)/b11-6+. The Morgan fingerprint density at radius 2 is 2.33 bits per heavy atom. The molecule has 0 spiro atoms. The van der Waals surface area contributed by atoms with Gasteiger partial charge in [0, 0.05) is 5.56 Å². The number of aromatic nitrogens is 4. The molecule has 0 unspecified atom stereocenters. The third-order valence-corrected chi connectivity index (χ3v) is 2.04. The minimum Gasteiger partial charge on any atom is -0.507 e. The molecule has 8 nitrogen and oxygen atoms in total. The summed E-state index contributed by atoms with van der Waals surface area (Å²) in [6.07, 6.45) is 1.33. The molecular weight excluding hydrogens is 236 g/mol. The van der Waals surface area contributed by atoms with Gasteiger partial charge in [-0.15, -0.1) is 10.2 Å². The van der Waals surface area contributed by atoms with Gasteiger partial charge >= 0.3 is 0 Å². The highest BCUT2D eigenvalue weighted by molar-refractivity contribution is 5.85. The van der Waals surface area contributed by atoms with Crippen molar-refractivity contribution < 1.29 is 9.90 Å². The Labute approximate surface area is 102 Å². The van der Waals surface area contributed by atoms with Gasteiger partial charge in [-0.3, -0.25) is 4.79 Å². The molecule has 2 aromatic rings. The molecule has 0 aliphatic carbocycles. The number of aromatic amines is 1. The number of hydrogen-bond donors (Lipinski definition) is 3. The van der Waals surface area contributed by atoms with Gasteiger partial charge in [-0.05, 0) is 12.1 Å². The number of H-pyrrole nitrogens is 1. The van der Waals surface area contributed by atoms with Crippen LogP contribution >= 0.6 is 0 Å². The first-order valence-corrected chi connectivity index (χ1v) is 5.08. The second-order valence-corrected chi connectivity index (χ2v) is 3.36. The highest BCUT2D eigenvalue weighted by Crippen LogP contribution is 2.12. The number of benzene rings is 1. The van der Waals surface area contributed by atoms with Crippen LogP contribution in [0.3, 0.4) is 0 Å². The molecule has 0 aliphatic heterocycles. The minimum absolute atomic E-state index is 0.0192. The Morgan fingerprint density at radius 1 is 1.50 bits per heavy atom. The summed E-state index contributed by atoms with van der Waals surface area (Å²) in [5.41, 5.74) is 2.81. The lowest BCUT2D eigenvalue weighted by Gasteiger charge is -1.98. The number of nitrogens with zero attached hydrogens (tertiary/aromatic N) is 4. The molecule has 0 aliphatic rings. The molecule has 8 heteroatoms. The predicted molar refractivity (Wildman–Crippen MR) is 61.7 cm³/mol. The highest BCUT2D eigenvalue weighted by Gasteiger charge is 2.05. The number of phenols is 1. The number of para-hydroxylation sites is 1. The fourth-order valence-corrected chi connectivity index (χ4v) is 1.21. The quantitative estimate of drug-likeness (QED) is 0.501. The smallest absolute Gasteiger partial charge is 0.247 e. The molecule has 1 heterocycles. The van der Waals surface area contributed by atoms with E-state index in [2.05, 4.69) is 31.2 Å². The van der Waals surface area contributed by atoms with Crippen LogP contribution in [0.4, 0.5) is 0 Å². The lowest BCUT2D eigenvalue weighted by atomic mass is 10.2. The molecule has 3 N–H and O–H groups in total. The number of nitrogens with one attached hydrogen (secondary N) is 2. The first-order chi connectivity index (χ1) is 8.75. The first-order valence-electron chi connectivity index (χ1n) is 5.08. The van der Waals surface area contributed by atoms with Gasteiger partial charge in [-0.1, -0.05) is 17.3 Å². The average Bonchev–Trinajstić information content (AvgIpc) is 2.84. The number of rotatable bonds is 4. The normalized spacial score (nSPS) is 10.7. The molecule has 18 heavy (non-hydrogen) atoms. The molecule has 0 atom stereocenters. The van der Waals surface area contributed by atoms with Crippen LogP contribution in [0.25, 0.3) is 0 Å². The van der Waals surface area contributed by atoms with Crippen molar-refractivity contribution in [1.29, 1.82) is 0 Å². The first kappa shape index (κ1) is 11.7. The number of carbonyl (C=O) groups excluding carboxylic acids is 1. The third kappa shape index (κ3) is 3.11. The predicted octanol–water partition coefficient (Wildman–Crippen LogP) is -0.402. The Balaban J connectivity index is 1.88. The zero-order valence-corrected chi connectivity index (χ0v) is 9.24. The molecular formula is C10H10N6O2.